The van der Waals surface area contributed by atoms with Gasteiger partial charge < -0.3 is 14.5 Å². The monoisotopic (exact) mass is 252 g/mol. The zero-order valence-electron chi connectivity index (χ0n) is 11.9. The molecule has 0 saturated carbocycles. The van der Waals surface area contributed by atoms with E-state index in [0.717, 1.165) is 44.3 Å². The van der Waals surface area contributed by atoms with Crippen LogP contribution in [-0.4, -0.2) is 37.2 Å². The van der Waals surface area contributed by atoms with Crippen molar-refractivity contribution in [2.24, 2.45) is 0 Å². The van der Waals surface area contributed by atoms with Crippen LogP contribution in [0.1, 0.15) is 30.9 Å². The Morgan fingerprint density at radius 2 is 2.22 bits per heavy atom. The van der Waals surface area contributed by atoms with Crippen LogP contribution in [0.4, 0.5) is 0 Å². The molecule has 18 heavy (non-hydrogen) atoms. The summed E-state index contributed by atoms with van der Waals surface area (Å²) in [6.45, 7) is 10.8. The molecule has 1 saturated heterocycles. The Bertz CT molecular complexity index is 398. The van der Waals surface area contributed by atoms with Crippen LogP contribution in [0, 0.1) is 6.92 Å². The van der Waals surface area contributed by atoms with E-state index >= 15 is 0 Å². The third kappa shape index (κ3) is 3.34. The largest absolute Gasteiger partial charge is 0.465 e. The van der Waals surface area contributed by atoms with Crippen LogP contribution in [0.25, 0.3) is 0 Å². The number of morpholine rings is 1. The molecule has 0 atom stereocenters. The van der Waals surface area contributed by atoms with E-state index in [0.29, 0.717) is 0 Å². The molecule has 2 heterocycles. The summed E-state index contributed by atoms with van der Waals surface area (Å²) >= 11 is 0. The van der Waals surface area contributed by atoms with Crippen LogP contribution < -0.4 is 5.32 Å². The second-order valence-corrected chi connectivity index (χ2v) is 5.64. The van der Waals surface area contributed by atoms with Gasteiger partial charge in [0.2, 0.25) is 0 Å². The standard InChI is InChI=1S/C14H24N2O2/c1-11-12(8-15-4)7-13(18-11)9-16-5-6-17-14(2,3)10-16/h7,15H,5-6,8-10H2,1-4H3. The Morgan fingerprint density at radius 1 is 1.44 bits per heavy atom. The third-order valence-corrected chi connectivity index (χ3v) is 3.32. The van der Waals surface area contributed by atoms with E-state index in [4.69, 9.17) is 9.15 Å². The first kappa shape index (κ1) is 13.6. The minimum Gasteiger partial charge on any atom is -0.465 e. The van der Waals surface area contributed by atoms with Crippen molar-refractivity contribution in [2.75, 3.05) is 26.7 Å². The van der Waals surface area contributed by atoms with E-state index in [2.05, 4.69) is 30.1 Å². The van der Waals surface area contributed by atoms with Crippen molar-refractivity contribution in [2.45, 2.75) is 39.5 Å². The van der Waals surface area contributed by atoms with E-state index < -0.39 is 0 Å². The Labute approximate surface area is 109 Å². The molecule has 2 rings (SSSR count). The highest BCUT2D eigenvalue weighted by molar-refractivity contribution is 5.20. The second kappa shape index (κ2) is 5.43. The van der Waals surface area contributed by atoms with Crippen LogP contribution in [0.3, 0.4) is 0 Å². The third-order valence-electron chi connectivity index (χ3n) is 3.32. The van der Waals surface area contributed by atoms with Crippen molar-refractivity contribution in [3.8, 4) is 0 Å². The number of nitrogens with one attached hydrogen (secondary N) is 1. The fraction of sp³-hybridized carbons (Fsp3) is 0.714. The zero-order chi connectivity index (χ0) is 13.2. The summed E-state index contributed by atoms with van der Waals surface area (Å²) in [6.07, 6.45) is 0. The smallest absolute Gasteiger partial charge is 0.118 e. The Morgan fingerprint density at radius 3 is 2.89 bits per heavy atom. The van der Waals surface area contributed by atoms with Gasteiger partial charge in [0.1, 0.15) is 11.5 Å². The number of rotatable bonds is 4. The summed E-state index contributed by atoms with van der Waals surface area (Å²) in [5.74, 6) is 2.07. The minimum absolute atomic E-state index is 0.0479. The first-order valence-electron chi connectivity index (χ1n) is 6.59. The van der Waals surface area contributed by atoms with Crippen molar-refractivity contribution >= 4 is 0 Å². The fourth-order valence-corrected chi connectivity index (χ4v) is 2.50. The maximum Gasteiger partial charge on any atom is 0.118 e. The highest BCUT2D eigenvalue weighted by Crippen LogP contribution is 2.21. The second-order valence-electron chi connectivity index (χ2n) is 5.64. The highest BCUT2D eigenvalue weighted by Gasteiger charge is 2.27. The molecular formula is C14H24N2O2. The van der Waals surface area contributed by atoms with Gasteiger partial charge in [-0.1, -0.05) is 0 Å². The average Bonchev–Trinajstić information content (AvgIpc) is 2.58. The number of furan rings is 1. The van der Waals surface area contributed by atoms with Crippen molar-refractivity contribution in [1.82, 2.24) is 10.2 Å². The van der Waals surface area contributed by atoms with E-state index in [-0.39, 0.29) is 5.60 Å². The van der Waals surface area contributed by atoms with Gasteiger partial charge in [0.05, 0.1) is 18.8 Å². The first-order valence-corrected chi connectivity index (χ1v) is 6.59. The van der Waals surface area contributed by atoms with Gasteiger partial charge in [-0.05, 0) is 33.9 Å². The molecule has 1 aliphatic rings. The van der Waals surface area contributed by atoms with Crippen LogP contribution in [0.15, 0.2) is 10.5 Å². The lowest BCUT2D eigenvalue weighted by Crippen LogP contribution is -2.47. The van der Waals surface area contributed by atoms with Gasteiger partial charge in [-0.2, -0.15) is 0 Å². The number of hydrogen-bond donors (Lipinski definition) is 1. The summed E-state index contributed by atoms with van der Waals surface area (Å²) in [5, 5.41) is 3.16. The Hall–Kier alpha value is -0.840. The Kier molecular flexibility index (Phi) is 4.10. The van der Waals surface area contributed by atoms with E-state index in [1.54, 1.807) is 0 Å². The Balaban J connectivity index is 1.98. The summed E-state index contributed by atoms with van der Waals surface area (Å²) in [7, 11) is 1.95. The van der Waals surface area contributed by atoms with E-state index in [1.807, 2.05) is 14.0 Å². The average molecular weight is 252 g/mol. The number of aryl methyl sites for hydroxylation is 1. The van der Waals surface area contributed by atoms with Crippen molar-refractivity contribution < 1.29 is 9.15 Å². The molecule has 0 unspecified atom stereocenters. The van der Waals surface area contributed by atoms with Gasteiger partial charge in [-0.15, -0.1) is 0 Å². The van der Waals surface area contributed by atoms with Crippen LogP contribution in [-0.2, 0) is 17.8 Å². The molecule has 4 heteroatoms. The lowest BCUT2D eigenvalue weighted by Gasteiger charge is -2.37. The van der Waals surface area contributed by atoms with E-state index in [1.165, 1.54) is 5.56 Å². The molecule has 0 spiro atoms. The van der Waals surface area contributed by atoms with Gasteiger partial charge in [-0.3, -0.25) is 4.90 Å². The number of ether oxygens (including phenoxy) is 1. The maximum absolute atomic E-state index is 5.82. The lowest BCUT2D eigenvalue weighted by atomic mass is 10.1. The van der Waals surface area contributed by atoms with Gasteiger partial charge in [-0.25, -0.2) is 0 Å². The SMILES string of the molecule is CNCc1cc(CN2CCOC(C)(C)C2)oc1C. The van der Waals surface area contributed by atoms with Crippen LogP contribution in [0.5, 0.6) is 0 Å². The molecule has 0 bridgehead atoms. The first-order chi connectivity index (χ1) is 8.50. The topological polar surface area (TPSA) is 37.6 Å². The molecule has 1 N–H and O–H groups in total. The lowest BCUT2D eigenvalue weighted by molar-refractivity contribution is -0.0894. The van der Waals surface area contributed by atoms with Crippen molar-refractivity contribution in [1.29, 1.82) is 0 Å². The molecule has 0 aliphatic carbocycles. The normalized spacial score (nSPS) is 20.2. The molecule has 1 aromatic rings. The molecule has 0 aromatic carbocycles. The minimum atomic E-state index is -0.0479. The predicted octanol–water partition coefficient (Wildman–Crippen LogP) is 1.92. The molecule has 102 valence electrons. The van der Waals surface area contributed by atoms with Crippen molar-refractivity contribution in [3.63, 3.8) is 0 Å². The summed E-state index contributed by atoms with van der Waals surface area (Å²) in [5.41, 5.74) is 1.20. The summed E-state index contributed by atoms with van der Waals surface area (Å²) in [6, 6.07) is 2.16. The van der Waals surface area contributed by atoms with E-state index in [9.17, 15) is 0 Å². The molecule has 0 amide bonds. The molecule has 1 aliphatic heterocycles. The summed E-state index contributed by atoms with van der Waals surface area (Å²) < 4.78 is 11.5. The van der Waals surface area contributed by atoms with Gasteiger partial charge in [0, 0.05) is 25.2 Å². The quantitative estimate of drug-likeness (QED) is 0.888. The zero-order valence-corrected chi connectivity index (χ0v) is 11.9. The highest BCUT2D eigenvalue weighted by atomic mass is 16.5. The molecule has 1 aromatic heterocycles. The predicted molar refractivity (Wildman–Crippen MR) is 71.5 cm³/mol. The molecule has 4 nitrogen and oxygen atoms in total. The summed E-state index contributed by atoms with van der Waals surface area (Å²) in [4.78, 5) is 2.39. The van der Waals surface area contributed by atoms with Crippen LogP contribution in [0.2, 0.25) is 0 Å². The molecule has 0 radical (unpaired) electrons. The van der Waals surface area contributed by atoms with Crippen LogP contribution >= 0.6 is 0 Å². The van der Waals surface area contributed by atoms with Gasteiger partial charge >= 0.3 is 0 Å². The number of nitrogens with zero attached hydrogens (tertiary/aromatic N) is 1. The van der Waals surface area contributed by atoms with Crippen molar-refractivity contribution in [3.05, 3.63) is 23.2 Å². The number of hydrogen-bond acceptors (Lipinski definition) is 4. The molecule has 1 fully saturated rings. The molecular weight excluding hydrogens is 228 g/mol. The van der Waals surface area contributed by atoms with Gasteiger partial charge in [0.25, 0.3) is 0 Å². The fourth-order valence-electron chi connectivity index (χ4n) is 2.50. The van der Waals surface area contributed by atoms with Gasteiger partial charge in [0.15, 0.2) is 0 Å². The maximum atomic E-state index is 5.82.